The van der Waals surface area contributed by atoms with Gasteiger partial charge < -0.3 is 4.90 Å². The molecule has 0 aromatic heterocycles. The van der Waals surface area contributed by atoms with Gasteiger partial charge in [-0.05, 0) is 38.1 Å². The Morgan fingerprint density at radius 1 is 0.741 bits per heavy atom. The van der Waals surface area contributed by atoms with Crippen molar-refractivity contribution in [3.8, 4) is 0 Å². The predicted molar refractivity (Wildman–Crippen MR) is 126 cm³/mol. The van der Waals surface area contributed by atoms with Crippen LogP contribution in [0.3, 0.4) is 0 Å². The largest absolute Gasteiger partial charge is 0.359 e. The molecular formula is C22H44N2OS2. The molecule has 0 aromatic carbocycles. The summed E-state index contributed by atoms with van der Waals surface area (Å²) in [6.45, 7) is 11.3. The molecule has 0 heterocycles. The van der Waals surface area contributed by atoms with E-state index in [2.05, 4.69) is 32.6 Å². The number of amides is 1. The normalized spacial score (nSPS) is 10.8. The third kappa shape index (κ3) is 13.5. The Hall–Kier alpha value is -0.290. The fourth-order valence-corrected chi connectivity index (χ4v) is 4.36. The van der Waals surface area contributed by atoms with E-state index in [9.17, 15) is 4.79 Å². The first-order valence-corrected chi connectivity index (χ1v) is 12.7. The molecule has 0 aliphatic carbocycles. The number of nitrogens with zero attached hydrogens (tertiary/aromatic N) is 2. The lowest BCUT2D eigenvalue weighted by molar-refractivity contribution is -0.119. The minimum atomic E-state index is 0.0528. The lowest BCUT2D eigenvalue weighted by Gasteiger charge is -2.28. The first kappa shape index (κ1) is 26.7. The maximum atomic E-state index is 13.0. The highest BCUT2D eigenvalue weighted by Gasteiger charge is 2.22. The van der Waals surface area contributed by atoms with E-state index < -0.39 is 0 Å². The highest BCUT2D eigenvalue weighted by molar-refractivity contribution is 7.97. The van der Waals surface area contributed by atoms with Crippen molar-refractivity contribution < 1.29 is 4.79 Å². The summed E-state index contributed by atoms with van der Waals surface area (Å²) in [5.41, 5.74) is 0. The number of unbranched alkanes of at least 4 members (excludes halogenated alkanes) is 9. The Bertz CT molecular complexity index is 377. The van der Waals surface area contributed by atoms with Crippen LogP contribution in [0.1, 0.15) is 105 Å². The summed E-state index contributed by atoms with van der Waals surface area (Å²) in [4.78, 5) is 15.6. The van der Waals surface area contributed by atoms with Crippen LogP contribution in [0.5, 0.6) is 0 Å². The van der Waals surface area contributed by atoms with Crippen LogP contribution in [0.25, 0.3) is 0 Å². The Kier molecular flexibility index (Phi) is 18.8. The van der Waals surface area contributed by atoms with Gasteiger partial charge in [-0.2, -0.15) is 0 Å². The van der Waals surface area contributed by atoms with E-state index in [1.54, 1.807) is 11.9 Å². The van der Waals surface area contributed by atoms with Crippen molar-refractivity contribution in [2.45, 2.75) is 105 Å². The third-order valence-electron chi connectivity index (χ3n) is 4.82. The van der Waals surface area contributed by atoms with Gasteiger partial charge in [-0.1, -0.05) is 90.8 Å². The molecule has 27 heavy (non-hydrogen) atoms. The van der Waals surface area contributed by atoms with Gasteiger partial charge in [0.2, 0.25) is 0 Å². The van der Waals surface area contributed by atoms with Crippen LogP contribution in [0.2, 0.25) is 0 Å². The van der Waals surface area contributed by atoms with E-state index in [1.165, 1.54) is 57.8 Å². The topological polar surface area (TPSA) is 23.6 Å². The van der Waals surface area contributed by atoms with E-state index in [-0.39, 0.29) is 5.91 Å². The van der Waals surface area contributed by atoms with Crippen molar-refractivity contribution in [1.29, 1.82) is 0 Å². The molecule has 5 heteroatoms. The van der Waals surface area contributed by atoms with Crippen LogP contribution in [-0.2, 0) is 4.79 Å². The van der Waals surface area contributed by atoms with Crippen LogP contribution < -0.4 is 0 Å². The van der Waals surface area contributed by atoms with Gasteiger partial charge in [-0.25, -0.2) is 0 Å². The van der Waals surface area contributed by atoms with E-state index in [1.807, 2.05) is 4.31 Å². The number of carbonyl (C=O) groups excluding carboxylic acids is 1. The number of rotatable bonds is 17. The second kappa shape index (κ2) is 19.0. The van der Waals surface area contributed by atoms with Crippen LogP contribution in [0, 0.1) is 0 Å². The second-order valence-corrected chi connectivity index (χ2v) is 8.80. The Morgan fingerprint density at radius 2 is 1.30 bits per heavy atom. The summed E-state index contributed by atoms with van der Waals surface area (Å²) in [7, 11) is 0. The fourth-order valence-electron chi connectivity index (χ4n) is 2.96. The first-order chi connectivity index (χ1) is 13.1. The molecule has 0 atom stereocenters. The van der Waals surface area contributed by atoms with Gasteiger partial charge in [-0.15, -0.1) is 0 Å². The zero-order chi connectivity index (χ0) is 20.3. The van der Waals surface area contributed by atoms with Crippen molar-refractivity contribution in [1.82, 2.24) is 9.21 Å². The number of thiocarbonyl (C=S) groups is 1. The monoisotopic (exact) mass is 416 g/mol. The Labute approximate surface area is 179 Å². The van der Waals surface area contributed by atoms with Crippen molar-refractivity contribution in [2.24, 2.45) is 0 Å². The Morgan fingerprint density at radius 3 is 1.89 bits per heavy atom. The highest BCUT2D eigenvalue weighted by Crippen LogP contribution is 2.18. The molecule has 0 aliphatic heterocycles. The average molecular weight is 417 g/mol. The molecule has 0 radical (unpaired) electrons. The average Bonchev–Trinajstić information content (AvgIpc) is 2.68. The molecule has 0 aromatic rings. The molecule has 0 saturated heterocycles. The molecule has 0 fully saturated rings. The third-order valence-corrected chi connectivity index (χ3v) is 6.38. The van der Waals surface area contributed by atoms with Gasteiger partial charge in [0.15, 0.2) is 4.99 Å². The molecule has 0 bridgehead atoms. The highest BCUT2D eigenvalue weighted by atomic mass is 32.2. The zero-order valence-electron chi connectivity index (χ0n) is 18.4. The van der Waals surface area contributed by atoms with Crippen LogP contribution in [0.4, 0.5) is 0 Å². The molecule has 1 amide bonds. The van der Waals surface area contributed by atoms with Crippen molar-refractivity contribution in [2.75, 3.05) is 25.4 Å². The summed E-state index contributed by atoms with van der Waals surface area (Å²) in [6.07, 6.45) is 14.7. The van der Waals surface area contributed by atoms with Gasteiger partial charge in [0.25, 0.3) is 5.91 Å². The number of carbonyl (C=O) groups is 1. The van der Waals surface area contributed by atoms with E-state index in [4.69, 9.17) is 12.2 Å². The van der Waals surface area contributed by atoms with Gasteiger partial charge in [-0.3, -0.25) is 9.10 Å². The number of hydrogen-bond donors (Lipinski definition) is 0. The van der Waals surface area contributed by atoms with Gasteiger partial charge >= 0.3 is 0 Å². The molecule has 0 rings (SSSR count). The summed E-state index contributed by atoms with van der Waals surface area (Å²) in [6, 6.07) is 0. The number of hydrogen-bond acceptors (Lipinski definition) is 3. The predicted octanol–water partition coefficient (Wildman–Crippen LogP) is 6.85. The van der Waals surface area contributed by atoms with Gasteiger partial charge in [0.1, 0.15) is 0 Å². The molecule has 0 N–H and O–H groups in total. The van der Waals surface area contributed by atoms with Gasteiger partial charge in [0, 0.05) is 25.4 Å². The van der Waals surface area contributed by atoms with Crippen LogP contribution in [-0.4, -0.2) is 45.5 Å². The van der Waals surface area contributed by atoms with Crippen molar-refractivity contribution in [3.63, 3.8) is 0 Å². The molecule has 0 spiro atoms. The molecule has 0 unspecified atom stereocenters. The summed E-state index contributed by atoms with van der Waals surface area (Å²) in [5.74, 6) is 1.07. The smallest absolute Gasteiger partial charge is 0.291 e. The van der Waals surface area contributed by atoms with Crippen LogP contribution in [0.15, 0.2) is 0 Å². The summed E-state index contributed by atoms with van der Waals surface area (Å²) >= 11 is 7.26. The minimum Gasteiger partial charge on any atom is -0.359 e. The quantitative estimate of drug-likeness (QED) is 0.147. The maximum Gasteiger partial charge on any atom is 0.291 e. The van der Waals surface area contributed by atoms with Crippen molar-refractivity contribution in [3.05, 3.63) is 0 Å². The molecule has 160 valence electrons. The summed E-state index contributed by atoms with van der Waals surface area (Å²) in [5, 5.41) is 0. The SMILES string of the molecule is CCCCCCCCN(SCCCCCC)C(=O)C(=S)N(CC)CCCC. The molecule has 0 saturated carbocycles. The van der Waals surface area contributed by atoms with Crippen molar-refractivity contribution >= 4 is 35.1 Å². The molecule has 0 aliphatic rings. The molecular weight excluding hydrogens is 372 g/mol. The standard InChI is InChI=1S/C22H44N2OS2/c1-5-9-12-14-15-16-19-24(27-20-17-13-10-6-2)21(25)22(26)23(8-4)18-11-7-3/h5-20H2,1-4H3. The summed E-state index contributed by atoms with van der Waals surface area (Å²) < 4.78 is 1.96. The second-order valence-electron chi connectivity index (χ2n) is 7.31. The minimum absolute atomic E-state index is 0.0528. The molecule has 3 nitrogen and oxygen atoms in total. The van der Waals surface area contributed by atoms with Gasteiger partial charge in [0.05, 0.1) is 0 Å². The zero-order valence-corrected chi connectivity index (χ0v) is 20.1. The number of likely N-dealkylation sites (N-methyl/N-ethyl adjacent to an activating group) is 1. The van der Waals surface area contributed by atoms with E-state index >= 15 is 0 Å². The van der Waals surface area contributed by atoms with Crippen LogP contribution >= 0.6 is 24.2 Å². The first-order valence-electron chi connectivity index (χ1n) is 11.4. The lowest BCUT2D eigenvalue weighted by atomic mass is 10.1. The Balaban J connectivity index is 4.57. The fraction of sp³-hybridized carbons (Fsp3) is 0.909. The van der Waals surface area contributed by atoms with E-state index in [0.717, 1.165) is 44.6 Å². The maximum absolute atomic E-state index is 13.0. The van der Waals surface area contributed by atoms with E-state index in [0.29, 0.717) is 4.99 Å². The lowest BCUT2D eigenvalue weighted by Crippen LogP contribution is -2.42.